The number of amides is 2. The Morgan fingerprint density at radius 3 is 2.32 bits per heavy atom. The van der Waals surface area contributed by atoms with E-state index in [-0.39, 0.29) is 11.6 Å². The number of anilines is 1. The second-order valence-electron chi connectivity index (χ2n) is 7.60. The lowest BCUT2D eigenvalue weighted by molar-refractivity contribution is -0.113. The van der Waals surface area contributed by atoms with Crippen molar-refractivity contribution in [2.75, 3.05) is 5.32 Å². The van der Waals surface area contributed by atoms with E-state index in [1.54, 1.807) is 48.5 Å². The number of carbonyl (C=O) groups is 2. The van der Waals surface area contributed by atoms with Gasteiger partial charge in [0.25, 0.3) is 11.8 Å². The fourth-order valence-corrected chi connectivity index (χ4v) is 3.27. The Labute approximate surface area is 197 Å². The van der Waals surface area contributed by atoms with E-state index in [2.05, 4.69) is 10.6 Å². The predicted octanol–water partition coefficient (Wildman–Crippen LogP) is 5.58. The highest BCUT2D eigenvalue weighted by Gasteiger charge is 2.17. The summed E-state index contributed by atoms with van der Waals surface area (Å²) in [6, 6.07) is 27.5. The lowest BCUT2D eigenvalue weighted by atomic mass is 10.1. The summed E-state index contributed by atoms with van der Waals surface area (Å²) in [6.07, 6.45) is 2.99. The number of hydrogen-bond donors (Lipinski definition) is 2. The number of ether oxygens (including phenoxy) is 1. The molecule has 0 bridgehead atoms. The van der Waals surface area contributed by atoms with Crippen LogP contribution in [0.1, 0.15) is 27.2 Å². The predicted molar refractivity (Wildman–Crippen MR) is 131 cm³/mol. The van der Waals surface area contributed by atoms with Crippen LogP contribution in [-0.2, 0) is 11.4 Å². The molecular formula is C28H24N2O4. The minimum atomic E-state index is -0.476. The molecule has 1 aromatic heterocycles. The summed E-state index contributed by atoms with van der Waals surface area (Å²) in [5.74, 6) is 0.271. The monoisotopic (exact) mass is 452 g/mol. The molecule has 2 amide bonds. The molecule has 0 atom stereocenters. The number of nitrogens with one attached hydrogen (secondary N) is 2. The van der Waals surface area contributed by atoms with Gasteiger partial charge in [-0.25, -0.2) is 0 Å². The van der Waals surface area contributed by atoms with Crippen LogP contribution in [-0.4, -0.2) is 11.8 Å². The SMILES string of the molecule is Cc1ccccc1C(=O)N/C(=C\c1ccco1)C(=O)Nc1ccc(OCc2ccccc2)cc1. The van der Waals surface area contributed by atoms with Gasteiger partial charge in [0.2, 0.25) is 0 Å². The molecule has 0 saturated heterocycles. The van der Waals surface area contributed by atoms with Gasteiger partial charge in [-0.1, -0.05) is 48.5 Å². The largest absolute Gasteiger partial charge is 0.489 e. The average Bonchev–Trinajstić information content (AvgIpc) is 3.37. The zero-order valence-electron chi connectivity index (χ0n) is 18.7. The van der Waals surface area contributed by atoms with Crippen molar-refractivity contribution in [3.63, 3.8) is 0 Å². The summed E-state index contributed by atoms with van der Waals surface area (Å²) >= 11 is 0. The molecule has 6 heteroatoms. The van der Waals surface area contributed by atoms with E-state index < -0.39 is 5.91 Å². The molecule has 6 nitrogen and oxygen atoms in total. The molecule has 1 heterocycles. The zero-order valence-corrected chi connectivity index (χ0v) is 18.7. The first-order chi connectivity index (χ1) is 16.6. The smallest absolute Gasteiger partial charge is 0.272 e. The Morgan fingerprint density at radius 2 is 1.62 bits per heavy atom. The van der Waals surface area contributed by atoms with Crippen molar-refractivity contribution in [1.29, 1.82) is 0 Å². The van der Waals surface area contributed by atoms with Crippen LogP contribution in [0.4, 0.5) is 5.69 Å². The Balaban J connectivity index is 1.45. The van der Waals surface area contributed by atoms with Crippen LogP contribution < -0.4 is 15.4 Å². The molecule has 3 aromatic carbocycles. The van der Waals surface area contributed by atoms with E-state index >= 15 is 0 Å². The molecule has 0 saturated carbocycles. The number of benzene rings is 3. The number of hydrogen-bond acceptors (Lipinski definition) is 4. The molecule has 2 N–H and O–H groups in total. The molecule has 4 aromatic rings. The molecule has 0 aliphatic heterocycles. The van der Waals surface area contributed by atoms with E-state index in [4.69, 9.17) is 9.15 Å². The fraction of sp³-hybridized carbons (Fsp3) is 0.0714. The van der Waals surface area contributed by atoms with Gasteiger partial charge in [-0.2, -0.15) is 0 Å². The van der Waals surface area contributed by atoms with E-state index in [1.807, 2.05) is 49.4 Å². The normalized spacial score (nSPS) is 11.0. The topological polar surface area (TPSA) is 80.6 Å². The summed E-state index contributed by atoms with van der Waals surface area (Å²) in [7, 11) is 0. The summed E-state index contributed by atoms with van der Waals surface area (Å²) in [5, 5.41) is 5.52. The van der Waals surface area contributed by atoms with Crippen molar-refractivity contribution in [1.82, 2.24) is 5.32 Å². The maximum absolute atomic E-state index is 13.0. The zero-order chi connectivity index (χ0) is 23.8. The summed E-state index contributed by atoms with van der Waals surface area (Å²) in [4.78, 5) is 25.8. The van der Waals surface area contributed by atoms with Gasteiger partial charge in [0.15, 0.2) is 0 Å². The molecule has 0 radical (unpaired) electrons. The first kappa shape index (κ1) is 22.6. The maximum Gasteiger partial charge on any atom is 0.272 e. The van der Waals surface area contributed by atoms with Crippen molar-refractivity contribution >= 4 is 23.6 Å². The minimum Gasteiger partial charge on any atom is -0.489 e. The highest BCUT2D eigenvalue weighted by molar-refractivity contribution is 6.10. The van der Waals surface area contributed by atoms with Crippen molar-refractivity contribution in [3.8, 4) is 5.75 Å². The molecular weight excluding hydrogens is 428 g/mol. The van der Waals surface area contributed by atoms with Crippen LogP contribution >= 0.6 is 0 Å². The highest BCUT2D eigenvalue weighted by Crippen LogP contribution is 2.18. The van der Waals surface area contributed by atoms with Gasteiger partial charge in [0.1, 0.15) is 23.8 Å². The first-order valence-corrected chi connectivity index (χ1v) is 10.8. The fourth-order valence-electron chi connectivity index (χ4n) is 3.27. The Hall–Kier alpha value is -4.58. The third kappa shape index (κ3) is 6.01. The molecule has 0 spiro atoms. The van der Waals surface area contributed by atoms with Gasteiger partial charge in [0.05, 0.1) is 6.26 Å². The summed E-state index contributed by atoms with van der Waals surface area (Å²) in [5.41, 5.74) is 2.99. The van der Waals surface area contributed by atoms with Crippen molar-refractivity contribution in [2.24, 2.45) is 0 Å². The summed E-state index contributed by atoms with van der Waals surface area (Å²) < 4.78 is 11.1. The van der Waals surface area contributed by atoms with E-state index in [0.717, 1.165) is 11.1 Å². The Kier molecular flexibility index (Phi) is 7.20. The maximum atomic E-state index is 13.0. The molecule has 170 valence electrons. The van der Waals surface area contributed by atoms with Gasteiger partial charge < -0.3 is 19.8 Å². The van der Waals surface area contributed by atoms with Crippen molar-refractivity contribution < 1.29 is 18.7 Å². The van der Waals surface area contributed by atoms with Gasteiger partial charge in [-0.3, -0.25) is 9.59 Å². The van der Waals surface area contributed by atoms with Gasteiger partial charge >= 0.3 is 0 Å². The van der Waals surface area contributed by atoms with E-state index in [0.29, 0.717) is 29.4 Å². The molecule has 4 rings (SSSR count). The Bertz CT molecular complexity index is 1280. The lowest BCUT2D eigenvalue weighted by Crippen LogP contribution is -2.31. The van der Waals surface area contributed by atoms with Crippen molar-refractivity contribution in [2.45, 2.75) is 13.5 Å². The van der Waals surface area contributed by atoms with Gasteiger partial charge in [-0.05, 0) is 60.5 Å². The quantitative estimate of drug-likeness (QED) is 0.342. The number of furan rings is 1. The van der Waals surface area contributed by atoms with Crippen molar-refractivity contribution in [3.05, 3.63) is 125 Å². The first-order valence-electron chi connectivity index (χ1n) is 10.8. The minimum absolute atomic E-state index is 0.0626. The van der Waals surface area contributed by atoms with E-state index in [1.165, 1.54) is 12.3 Å². The van der Waals surface area contributed by atoms with Gasteiger partial charge in [0, 0.05) is 17.3 Å². The molecule has 0 fully saturated rings. The Morgan fingerprint density at radius 1 is 0.882 bits per heavy atom. The average molecular weight is 453 g/mol. The van der Waals surface area contributed by atoms with E-state index in [9.17, 15) is 9.59 Å². The molecule has 34 heavy (non-hydrogen) atoms. The van der Waals surface area contributed by atoms with Gasteiger partial charge in [-0.15, -0.1) is 0 Å². The van der Waals surface area contributed by atoms with Crippen LogP contribution in [0.2, 0.25) is 0 Å². The molecule has 0 aliphatic rings. The third-order valence-electron chi connectivity index (χ3n) is 5.07. The number of rotatable bonds is 8. The second kappa shape index (κ2) is 10.8. The summed E-state index contributed by atoms with van der Waals surface area (Å²) in [6.45, 7) is 2.29. The number of aryl methyl sites for hydroxylation is 1. The highest BCUT2D eigenvalue weighted by atomic mass is 16.5. The van der Waals surface area contributed by atoms with Crippen LogP contribution in [0, 0.1) is 6.92 Å². The lowest BCUT2D eigenvalue weighted by Gasteiger charge is -2.12. The van der Waals surface area contributed by atoms with Crippen LogP contribution in [0.25, 0.3) is 6.08 Å². The van der Waals surface area contributed by atoms with Crippen LogP contribution in [0.5, 0.6) is 5.75 Å². The van der Waals surface area contributed by atoms with Crippen LogP contribution in [0.15, 0.2) is 107 Å². The standard InChI is InChI=1S/C28H24N2O4/c1-20-8-5-6-12-25(20)27(31)30-26(18-24-11-7-17-33-24)28(32)29-22-13-15-23(16-14-22)34-19-21-9-3-2-4-10-21/h2-18H,19H2,1H3,(H,29,32)(H,30,31)/b26-18-. The second-order valence-corrected chi connectivity index (χ2v) is 7.60. The number of carbonyl (C=O) groups excluding carboxylic acids is 2. The molecule has 0 unspecified atom stereocenters. The van der Waals surface area contributed by atoms with Crippen LogP contribution in [0.3, 0.4) is 0 Å². The molecule has 0 aliphatic carbocycles. The third-order valence-corrected chi connectivity index (χ3v) is 5.07.